The van der Waals surface area contributed by atoms with Crippen LogP contribution in [-0.2, 0) is 0 Å². The predicted molar refractivity (Wildman–Crippen MR) is 59.1 cm³/mol. The van der Waals surface area contributed by atoms with E-state index in [-0.39, 0.29) is 12.1 Å². The van der Waals surface area contributed by atoms with Gasteiger partial charge in [-0.15, -0.1) is 0 Å². The maximum absolute atomic E-state index is 11.8. The van der Waals surface area contributed by atoms with Crippen LogP contribution in [0.15, 0.2) is 24.3 Å². The van der Waals surface area contributed by atoms with Gasteiger partial charge in [-0.3, -0.25) is 4.90 Å². The normalized spacial score (nSPS) is 31.5. The number of fused-ring (bicyclic) bond motifs is 4. The highest BCUT2D eigenvalue weighted by atomic mass is 16.5. The summed E-state index contributed by atoms with van der Waals surface area (Å²) >= 11 is 0. The largest absolute Gasteiger partial charge is 0.468 e. The molecule has 1 aromatic rings. The molecule has 1 aromatic carbocycles. The quantitative estimate of drug-likeness (QED) is 0.722. The zero-order valence-corrected chi connectivity index (χ0v) is 9.36. The van der Waals surface area contributed by atoms with Gasteiger partial charge >= 0.3 is 6.03 Å². The summed E-state index contributed by atoms with van der Waals surface area (Å²) in [6.45, 7) is 1.95. The number of urea groups is 1. The Hall–Kier alpha value is -1.71. The summed E-state index contributed by atoms with van der Waals surface area (Å²) in [5, 5.41) is 2.99. The average Bonchev–Trinajstić information content (AvgIpc) is 2.26. The van der Waals surface area contributed by atoms with Gasteiger partial charge in [-0.25, -0.2) is 4.79 Å². The van der Waals surface area contributed by atoms with E-state index in [9.17, 15) is 4.79 Å². The molecule has 0 saturated carbocycles. The van der Waals surface area contributed by atoms with Crippen LogP contribution in [0, 0.1) is 0 Å². The van der Waals surface area contributed by atoms with Gasteiger partial charge in [-0.05, 0) is 13.0 Å². The average molecular weight is 218 g/mol. The first-order chi connectivity index (χ1) is 7.60. The van der Waals surface area contributed by atoms with Crippen molar-refractivity contribution in [2.24, 2.45) is 0 Å². The van der Waals surface area contributed by atoms with Crippen LogP contribution in [0.1, 0.15) is 24.9 Å². The van der Waals surface area contributed by atoms with Gasteiger partial charge in [-0.1, -0.05) is 18.2 Å². The summed E-state index contributed by atoms with van der Waals surface area (Å²) in [6, 6.07) is 7.86. The molecule has 1 saturated heterocycles. The highest BCUT2D eigenvalue weighted by Gasteiger charge is 2.47. The van der Waals surface area contributed by atoms with E-state index < -0.39 is 5.72 Å². The van der Waals surface area contributed by atoms with Crippen LogP contribution in [0.4, 0.5) is 4.79 Å². The van der Waals surface area contributed by atoms with Crippen LogP contribution < -0.4 is 10.1 Å². The molecule has 2 atom stereocenters. The molecule has 2 bridgehead atoms. The van der Waals surface area contributed by atoms with Crippen LogP contribution in [0.2, 0.25) is 0 Å². The number of ether oxygens (including phenoxy) is 1. The monoisotopic (exact) mass is 218 g/mol. The fourth-order valence-corrected chi connectivity index (χ4v) is 2.42. The molecule has 2 aliphatic rings. The van der Waals surface area contributed by atoms with Gasteiger partial charge in [0.1, 0.15) is 5.75 Å². The third-order valence-corrected chi connectivity index (χ3v) is 3.52. The van der Waals surface area contributed by atoms with Gasteiger partial charge in [0.2, 0.25) is 0 Å². The van der Waals surface area contributed by atoms with Gasteiger partial charge in [0.15, 0.2) is 5.72 Å². The summed E-state index contributed by atoms with van der Waals surface area (Å²) in [7, 11) is 1.76. The van der Waals surface area contributed by atoms with Crippen molar-refractivity contribution in [1.29, 1.82) is 0 Å². The molecule has 0 radical (unpaired) electrons. The molecule has 2 amide bonds. The Balaban J connectivity index is 2.11. The number of hydrogen-bond acceptors (Lipinski definition) is 2. The van der Waals surface area contributed by atoms with Crippen molar-refractivity contribution < 1.29 is 9.53 Å². The third kappa shape index (κ3) is 1.13. The number of para-hydroxylation sites is 1. The molecule has 0 spiro atoms. The minimum Gasteiger partial charge on any atom is -0.468 e. The van der Waals surface area contributed by atoms with E-state index in [0.29, 0.717) is 0 Å². The van der Waals surface area contributed by atoms with E-state index in [4.69, 9.17) is 4.74 Å². The summed E-state index contributed by atoms with van der Waals surface area (Å²) < 4.78 is 5.94. The van der Waals surface area contributed by atoms with E-state index in [1.165, 1.54) is 0 Å². The Bertz CT molecular complexity index is 460. The van der Waals surface area contributed by atoms with Crippen LogP contribution in [0.3, 0.4) is 0 Å². The maximum atomic E-state index is 11.8. The number of nitrogens with one attached hydrogen (secondary N) is 1. The number of carbonyl (C=O) groups excluding carboxylic acids is 1. The Morgan fingerprint density at radius 2 is 2.25 bits per heavy atom. The summed E-state index contributed by atoms with van der Waals surface area (Å²) in [5.41, 5.74) is 0.544. The van der Waals surface area contributed by atoms with Crippen molar-refractivity contribution in [1.82, 2.24) is 10.2 Å². The van der Waals surface area contributed by atoms with Crippen molar-refractivity contribution in [3.05, 3.63) is 29.8 Å². The molecule has 1 N–H and O–H groups in total. The van der Waals surface area contributed by atoms with Crippen LogP contribution in [0.25, 0.3) is 0 Å². The smallest absolute Gasteiger partial charge is 0.320 e. The maximum Gasteiger partial charge on any atom is 0.320 e. The number of rotatable bonds is 0. The minimum absolute atomic E-state index is 0.0682. The summed E-state index contributed by atoms with van der Waals surface area (Å²) in [4.78, 5) is 13.4. The second kappa shape index (κ2) is 2.90. The highest BCUT2D eigenvalue weighted by Crippen LogP contribution is 2.42. The van der Waals surface area contributed by atoms with E-state index in [1.807, 2.05) is 31.2 Å². The number of nitrogens with zero attached hydrogens (tertiary/aromatic N) is 1. The molecule has 2 heterocycles. The first-order valence-electron chi connectivity index (χ1n) is 5.42. The van der Waals surface area contributed by atoms with Crippen LogP contribution >= 0.6 is 0 Å². The lowest BCUT2D eigenvalue weighted by molar-refractivity contribution is -0.0718. The first-order valence-corrected chi connectivity index (χ1v) is 5.42. The Morgan fingerprint density at radius 1 is 1.50 bits per heavy atom. The SMILES string of the molecule is CN1C(=O)N[C@@H]2C[C@@]1(C)Oc1ccccc12. The number of benzene rings is 1. The number of hydrogen-bond donors (Lipinski definition) is 1. The molecule has 2 aliphatic heterocycles. The topological polar surface area (TPSA) is 41.6 Å². The lowest BCUT2D eigenvalue weighted by Gasteiger charge is -2.49. The van der Waals surface area contributed by atoms with Gasteiger partial charge in [0.25, 0.3) is 0 Å². The molecule has 84 valence electrons. The van der Waals surface area contributed by atoms with Crippen LogP contribution in [-0.4, -0.2) is 23.7 Å². The Kier molecular flexibility index (Phi) is 1.73. The lowest BCUT2D eigenvalue weighted by atomic mass is 9.91. The Morgan fingerprint density at radius 3 is 3.06 bits per heavy atom. The fourth-order valence-electron chi connectivity index (χ4n) is 2.42. The van der Waals surface area contributed by atoms with E-state index in [1.54, 1.807) is 11.9 Å². The number of carbonyl (C=O) groups is 1. The highest BCUT2D eigenvalue weighted by molar-refractivity contribution is 5.77. The summed E-state index contributed by atoms with van der Waals surface area (Å²) in [5.74, 6) is 0.869. The van der Waals surface area contributed by atoms with Gasteiger partial charge < -0.3 is 10.1 Å². The van der Waals surface area contributed by atoms with Crippen molar-refractivity contribution in [3.63, 3.8) is 0 Å². The Labute approximate surface area is 94.2 Å². The third-order valence-electron chi connectivity index (χ3n) is 3.52. The minimum atomic E-state index is -0.526. The van der Waals surface area contributed by atoms with Crippen molar-refractivity contribution in [2.75, 3.05) is 7.05 Å². The van der Waals surface area contributed by atoms with E-state index in [2.05, 4.69) is 5.32 Å². The fraction of sp³-hybridized carbons (Fsp3) is 0.417. The predicted octanol–water partition coefficient (Wildman–Crippen LogP) is 1.88. The van der Waals surface area contributed by atoms with E-state index in [0.717, 1.165) is 17.7 Å². The summed E-state index contributed by atoms with van der Waals surface area (Å²) in [6.07, 6.45) is 0.784. The van der Waals surface area contributed by atoms with Crippen molar-refractivity contribution >= 4 is 6.03 Å². The molecule has 0 aromatic heterocycles. The lowest BCUT2D eigenvalue weighted by Crippen LogP contribution is -2.63. The molecule has 3 rings (SSSR count). The molecular formula is C12H14N2O2. The molecule has 0 aliphatic carbocycles. The van der Waals surface area contributed by atoms with Crippen LogP contribution in [0.5, 0.6) is 5.75 Å². The molecule has 4 heteroatoms. The van der Waals surface area contributed by atoms with Gasteiger partial charge in [0.05, 0.1) is 6.04 Å². The number of amides is 2. The molecule has 4 nitrogen and oxygen atoms in total. The van der Waals surface area contributed by atoms with Gasteiger partial charge in [0, 0.05) is 19.0 Å². The van der Waals surface area contributed by atoms with E-state index >= 15 is 0 Å². The van der Waals surface area contributed by atoms with Crippen molar-refractivity contribution in [2.45, 2.75) is 25.1 Å². The molecule has 1 fully saturated rings. The molecule has 16 heavy (non-hydrogen) atoms. The first kappa shape index (κ1) is 9.51. The second-order valence-corrected chi connectivity index (χ2v) is 4.58. The zero-order chi connectivity index (χ0) is 11.3. The van der Waals surface area contributed by atoms with Gasteiger partial charge in [-0.2, -0.15) is 0 Å². The second-order valence-electron chi connectivity index (χ2n) is 4.58. The molecular weight excluding hydrogens is 204 g/mol. The molecule has 0 unspecified atom stereocenters. The van der Waals surface area contributed by atoms with Crippen molar-refractivity contribution in [3.8, 4) is 5.75 Å². The zero-order valence-electron chi connectivity index (χ0n) is 9.36. The standard InChI is InChI=1S/C12H14N2O2/c1-12-7-9(13-11(15)14(12)2)8-5-3-4-6-10(8)16-12/h3-6,9H,7H2,1-2H3,(H,13,15)/t9-,12-/m1/s1.